The Kier molecular flexibility index (Phi) is 5.22. The van der Waals surface area contributed by atoms with Crippen LogP contribution in [0.5, 0.6) is 0 Å². The summed E-state index contributed by atoms with van der Waals surface area (Å²) >= 11 is 0. The van der Waals surface area contributed by atoms with E-state index in [4.69, 9.17) is 5.84 Å². The average Bonchev–Trinajstić information content (AvgIpc) is 2.42. The van der Waals surface area contributed by atoms with Crippen LogP contribution >= 0.6 is 0 Å². The minimum absolute atomic E-state index is 0.0951. The van der Waals surface area contributed by atoms with Crippen LogP contribution in [0, 0.1) is 5.92 Å². The first-order valence-electron chi connectivity index (χ1n) is 6.54. The van der Waals surface area contributed by atoms with Crippen LogP contribution in [0.3, 0.4) is 0 Å². The van der Waals surface area contributed by atoms with E-state index >= 15 is 0 Å². The Morgan fingerprint density at radius 3 is 2.29 bits per heavy atom. The van der Waals surface area contributed by atoms with Gasteiger partial charge in [0.15, 0.2) is 0 Å². The number of anilines is 1. The van der Waals surface area contributed by atoms with Crippen LogP contribution in [0.4, 0.5) is 18.9 Å². The minimum Gasteiger partial charge on any atom is -0.339 e. The highest BCUT2D eigenvalue weighted by molar-refractivity contribution is 5.99. The van der Waals surface area contributed by atoms with Crippen molar-refractivity contribution in [1.29, 1.82) is 0 Å². The van der Waals surface area contributed by atoms with Crippen LogP contribution in [0.15, 0.2) is 18.2 Å². The van der Waals surface area contributed by atoms with Crippen molar-refractivity contribution in [1.82, 2.24) is 4.90 Å². The first-order chi connectivity index (χ1) is 9.59. The number of amides is 1. The van der Waals surface area contributed by atoms with Gasteiger partial charge >= 0.3 is 6.18 Å². The van der Waals surface area contributed by atoms with Crippen LogP contribution in [0.1, 0.15) is 36.7 Å². The van der Waals surface area contributed by atoms with Crippen LogP contribution in [-0.4, -0.2) is 23.9 Å². The van der Waals surface area contributed by atoms with E-state index < -0.39 is 17.6 Å². The molecule has 7 heteroatoms. The molecule has 118 valence electrons. The number of nitrogen functional groups attached to an aromatic ring is 1. The number of nitrogens with two attached hydrogens (primary N) is 1. The molecule has 3 N–H and O–H groups in total. The number of hydrogen-bond donors (Lipinski definition) is 2. The Labute approximate surface area is 122 Å². The van der Waals surface area contributed by atoms with Crippen molar-refractivity contribution < 1.29 is 18.0 Å². The average molecular weight is 303 g/mol. The number of halogens is 3. The van der Waals surface area contributed by atoms with Gasteiger partial charge in [0.1, 0.15) is 0 Å². The number of carbonyl (C=O) groups is 1. The zero-order valence-electron chi connectivity index (χ0n) is 12.5. The molecular formula is C14H20F3N3O. The topological polar surface area (TPSA) is 58.4 Å². The molecule has 1 aromatic carbocycles. The van der Waals surface area contributed by atoms with Crippen LogP contribution in [0.2, 0.25) is 0 Å². The third kappa shape index (κ3) is 3.87. The largest absolute Gasteiger partial charge is 0.416 e. The minimum atomic E-state index is -4.51. The summed E-state index contributed by atoms with van der Waals surface area (Å²) < 4.78 is 38.3. The fourth-order valence-corrected chi connectivity index (χ4v) is 1.85. The summed E-state index contributed by atoms with van der Waals surface area (Å²) in [6, 6.07) is 2.75. The molecule has 1 amide bonds. The molecule has 0 saturated carbocycles. The molecule has 1 aromatic rings. The highest BCUT2D eigenvalue weighted by Gasteiger charge is 2.32. The van der Waals surface area contributed by atoms with Crippen molar-refractivity contribution in [3.8, 4) is 0 Å². The molecular weight excluding hydrogens is 283 g/mol. The predicted octanol–water partition coefficient (Wildman–Crippen LogP) is 3.11. The van der Waals surface area contributed by atoms with Crippen molar-refractivity contribution >= 4 is 11.6 Å². The van der Waals surface area contributed by atoms with Crippen molar-refractivity contribution in [3.63, 3.8) is 0 Å². The zero-order chi connectivity index (χ0) is 16.4. The van der Waals surface area contributed by atoms with Gasteiger partial charge in [-0.2, -0.15) is 13.2 Å². The summed E-state index contributed by atoms with van der Waals surface area (Å²) in [5, 5.41) is 0. The van der Waals surface area contributed by atoms with Gasteiger partial charge in [0.2, 0.25) is 0 Å². The number of hydrazine groups is 1. The first-order valence-corrected chi connectivity index (χ1v) is 6.54. The molecule has 1 unspecified atom stereocenters. The maximum atomic E-state index is 12.8. The van der Waals surface area contributed by atoms with Gasteiger partial charge in [0.25, 0.3) is 5.91 Å². The lowest BCUT2D eigenvalue weighted by atomic mass is 10.0. The van der Waals surface area contributed by atoms with Crippen molar-refractivity contribution in [2.75, 3.05) is 12.5 Å². The summed E-state index contributed by atoms with van der Waals surface area (Å²) in [5.74, 6) is 4.96. The Morgan fingerprint density at radius 2 is 1.86 bits per heavy atom. The van der Waals surface area contributed by atoms with Gasteiger partial charge in [-0.1, -0.05) is 13.8 Å². The second kappa shape index (κ2) is 6.34. The lowest BCUT2D eigenvalue weighted by molar-refractivity contribution is -0.137. The van der Waals surface area contributed by atoms with Gasteiger partial charge in [0.05, 0.1) is 16.8 Å². The smallest absolute Gasteiger partial charge is 0.339 e. The summed E-state index contributed by atoms with van der Waals surface area (Å²) in [6.07, 6.45) is -4.51. The molecule has 0 heterocycles. The van der Waals surface area contributed by atoms with Gasteiger partial charge in [-0.3, -0.25) is 10.6 Å². The van der Waals surface area contributed by atoms with Gasteiger partial charge in [-0.15, -0.1) is 0 Å². The van der Waals surface area contributed by atoms with Crippen molar-refractivity contribution in [2.45, 2.75) is 33.0 Å². The number of hydrogen-bond acceptors (Lipinski definition) is 3. The van der Waals surface area contributed by atoms with E-state index in [0.717, 1.165) is 18.2 Å². The Bertz CT molecular complexity index is 515. The van der Waals surface area contributed by atoms with Crippen molar-refractivity contribution in [3.05, 3.63) is 29.3 Å². The van der Waals surface area contributed by atoms with Crippen LogP contribution < -0.4 is 11.3 Å². The van der Waals surface area contributed by atoms with Gasteiger partial charge in [0, 0.05) is 13.1 Å². The highest BCUT2D eigenvalue weighted by Crippen LogP contribution is 2.32. The first kappa shape index (κ1) is 17.3. The van der Waals surface area contributed by atoms with Gasteiger partial charge < -0.3 is 10.3 Å². The fraction of sp³-hybridized carbons (Fsp3) is 0.500. The molecule has 0 aromatic heterocycles. The summed E-state index contributed by atoms with van der Waals surface area (Å²) in [7, 11) is 1.56. The number of benzene rings is 1. The lowest BCUT2D eigenvalue weighted by Crippen LogP contribution is -2.38. The fourth-order valence-electron chi connectivity index (χ4n) is 1.85. The lowest BCUT2D eigenvalue weighted by Gasteiger charge is -2.29. The Morgan fingerprint density at radius 1 is 1.29 bits per heavy atom. The summed E-state index contributed by atoms with van der Waals surface area (Å²) in [5.41, 5.74) is 1.45. The van der Waals surface area contributed by atoms with E-state index in [1.807, 2.05) is 20.8 Å². The zero-order valence-corrected chi connectivity index (χ0v) is 12.5. The van der Waals surface area contributed by atoms with E-state index in [0.29, 0.717) is 0 Å². The summed E-state index contributed by atoms with van der Waals surface area (Å²) in [4.78, 5) is 13.8. The molecule has 21 heavy (non-hydrogen) atoms. The molecule has 4 nitrogen and oxygen atoms in total. The van der Waals surface area contributed by atoms with Gasteiger partial charge in [-0.05, 0) is 31.0 Å². The second-order valence-corrected chi connectivity index (χ2v) is 5.30. The van der Waals surface area contributed by atoms with E-state index in [9.17, 15) is 18.0 Å². The number of carbonyl (C=O) groups excluding carboxylic acids is 1. The Hall–Kier alpha value is -1.76. The molecule has 0 bridgehead atoms. The molecule has 0 fully saturated rings. The molecule has 0 saturated heterocycles. The van der Waals surface area contributed by atoms with E-state index in [-0.39, 0.29) is 23.2 Å². The monoisotopic (exact) mass is 303 g/mol. The number of nitrogens with zero attached hydrogens (tertiary/aromatic N) is 1. The Balaban J connectivity index is 3.24. The molecule has 0 aliphatic rings. The quantitative estimate of drug-likeness (QED) is 0.664. The molecule has 1 rings (SSSR count). The van der Waals surface area contributed by atoms with E-state index in [1.165, 1.54) is 4.90 Å². The normalized spacial score (nSPS) is 13.2. The summed E-state index contributed by atoms with van der Waals surface area (Å²) in [6.45, 7) is 5.71. The SMILES string of the molecule is CC(C)C(C)N(C)C(=O)c1cc(C(F)(F)F)ccc1NN. The third-order valence-electron chi connectivity index (χ3n) is 3.63. The van der Waals surface area contributed by atoms with Crippen LogP contribution in [0.25, 0.3) is 0 Å². The third-order valence-corrected chi connectivity index (χ3v) is 3.63. The molecule has 0 aliphatic carbocycles. The number of alkyl halides is 3. The van der Waals surface area contributed by atoms with Gasteiger partial charge in [-0.25, -0.2) is 0 Å². The van der Waals surface area contributed by atoms with E-state index in [1.54, 1.807) is 7.05 Å². The highest BCUT2D eigenvalue weighted by atomic mass is 19.4. The molecule has 0 aliphatic heterocycles. The van der Waals surface area contributed by atoms with Crippen LogP contribution in [-0.2, 0) is 6.18 Å². The van der Waals surface area contributed by atoms with Crippen molar-refractivity contribution in [2.24, 2.45) is 11.8 Å². The number of rotatable bonds is 4. The second-order valence-electron chi connectivity index (χ2n) is 5.30. The van der Waals surface area contributed by atoms with E-state index in [2.05, 4.69) is 5.43 Å². The maximum Gasteiger partial charge on any atom is 0.416 e. The number of nitrogens with one attached hydrogen (secondary N) is 1. The maximum absolute atomic E-state index is 12.8. The molecule has 0 radical (unpaired) electrons. The predicted molar refractivity (Wildman–Crippen MR) is 75.6 cm³/mol. The molecule has 1 atom stereocenters. The molecule has 0 spiro atoms. The standard InChI is InChI=1S/C14H20F3N3O/c1-8(2)9(3)20(4)13(21)11-7-10(14(15,16)17)5-6-12(11)19-18/h5-9,19H,18H2,1-4H3.